The Labute approximate surface area is 195 Å². The molecular weight excluding hydrogens is 446 g/mol. The lowest BCUT2D eigenvalue weighted by atomic mass is 9.94. The SMILES string of the molecule is COc1ccc(C(C[C@H]2CCCCN2C(=O)OCc2ccccc2)OS(C)(=O)=O)cc1OC. The van der Waals surface area contributed by atoms with E-state index in [1.165, 1.54) is 14.2 Å². The Morgan fingerprint density at radius 3 is 2.45 bits per heavy atom. The van der Waals surface area contributed by atoms with Gasteiger partial charge in [0.2, 0.25) is 0 Å². The van der Waals surface area contributed by atoms with Gasteiger partial charge in [-0.15, -0.1) is 0 Å². The molecule has 0 bridgehead atoms. The van der Waals surface area contributed by atoms with E-state index in [2.05, 4.69) is 0 Å². The Morgan fingerprint density at radius 2 is 1.79 bits per heavy atom. The Balaban J connectivity index is 1.78. The highest BCUT2D eigenvalue weighted by molar-refractivity contribution is 7.86. The van der Waals surface area contributed by atoms with Crippen molar-refractivity contribution in [3.63, 3.8) is 0 Å². The standard InChI is InChI=1S/C24H31NO7S/c1-29-21-13-12-19(15-23(21)30-2)22(32-33(3,27)28)16-20-11-7-8-14-25(20)24(26)31-17-18-9-5-4-6-10-18/h4-6,9-10,12-13,15,20,22H,7-8,11,14,16-17H2,1-3H3/t20-,22?/m1/s1. The number of hydrogen-bond donors (Lipinski definition) is 0. The van der Waals surface area contributed by atoms with Crippen LogP contribution in [-0.2, 0) is 25.6 Å². The van der Waals surface area contributed by atoms with E-state index in [0.717, 1.165) is 31.1 Å². The van der Waals surface area contributed by atoms with Crippen molar-refractivity contribution in [2.75, 3.05) is 27.0 Å². The minimum atomic E-state index is -3.75. The van der Waals surface area contributed by atoms with Gasteiger partial charge in [-0.2, -0.15) is 8.42 Å². The van der Waals surface area contributed by atoms with Gasteiger partial charge in [-0.05, 0) is 48.9 Å². The highest BCUT2D eigenvalue weighted by atomic mass is 32.2. The Hall–Kier alpha value is -2.78. The van der Waals surface area contributed by atoms with Crippen molar-refractivity contribution < 1.29 is 31.6 Å². The number of rotatable bonds is 9. The molecule has 0 aliphatic carbocycles. The molecule has 0 saturated carbocycles. The van der Waals surface area contributed by atoms with Crippen LogP contribution in [0, 0.1) is 0 Å². The van der Waals surface area contributed by atoms with Crippen LogP contribution < -0.4 is 9.47 Å². The molecule has 2 aromatic carbocycles. The first-order chi connectivity index (χ1) is 15.8. The van der Waals surface area contributed by atoms with Gasteiger partial charge in [0.1, 0.15) is 12.7 Å². The molecule has 8 nitrogen and oxygen atoms in total. The molecule has 180 valence electrons. The van der Waals surface area contributed by atoms with Gasteiger partial charge in [-0.1, -0.05) is 36.4 Å². The molecule has 1 aliphatic heterocycles. The van der Waals surface area contributed by atoms with Crippen molar-refractivity contribution >= 4 is 16.2 Å². The van der Waals surface area contributed by atoms with E-state index in [-0.39, 0.29) is 12.6 Å². The molecule has 1 heterocycles. The smallest absolute Gasteiger partial charge is 0.410 e. The van der Waals surface area contributed by atoms with Crippen LogP contribution in [0.4, 0.5) is 4.79 Å². The quantitative estimate of drug-likeness (QED) is 0.497. The first-order valence-corrected chi connectivity index (χ1v) is 12.7. The maximum absolute atomic E-state index is 12.9. The summed E-state index contributed by atoms with van der Waals surface area (Å²) in [5.74, 6) is 1.00. The van der Waals surface area contributed by atoms with E-state index in [1.807, 2.05) is 30.3 Å². The number of hydrogen-bond acceptors (Lipinski definition) is 7. The fraction of sp³-hybridized carbons (Fsp3) is 0.458. The predicted octanol–water partition coefficient (Wildman–Crippen LogP) is 4.30. The molecule has 0 aromatic heterocycles. The zero-order valence-electron chi connectivity index (χ0n) is 19.2. The van der Waals surface area contributed by atoms with Gasteiger partial charge in [-0.25, -0.2) is 4.79 Å². The van der Waals surface area contributed by atoms with Gasteiger partial charge in [-0.3, -0.25) is 4.18 Å². The van der Waals surface area contributed by atoms with Gasteiger partial charge in [0, 0.05) is 12.6 Å². The summed E-state index contributed by atoms with van der Waals surface area (Å²) >= 11 is 0. The number of carbonyl (C=O) groups is 1. The summed E-state index contributed by atoms with van der Waals surface area (Å²) < 4.78 is 45.7. The second-order valence-corrected chi connectivity index (χ2v) is 9.62. The molecule has 9 heteroatoms. The molecule has 1 aliphatic rings. The second-order valence-electron chi connectivity index (χ2n) is 8.02. The van der Waals surface area contributed by atoms with Gasteiger partial charge in [0.05, 0.1) is 20.5 Å². The number of ether oxygens (including phenoxy) is 3. The molecule has 1 unspecified atom stereocenters. The lowest BCUT2D eigenvalue weighted by molar-refractivity contribution is 0.0534. The molecular formula is C24H31NO7S. The monoisotopic (exact) mass is 477 g/mol. The van der Waals surface area contributed by atoms with Crippen LogP contribution >= 0.6 is 0 Å². The average Bonchev–Trinajstić information content (AvgIpc) is 2.81. The second kappa shape index (κ2) is 11.4. The molecule has 0 radical (unpaired) electrons. The maximum atomic E-state index is 12.9. The summed E-state index contributed by atoms with van der Waals surface area (Å²) in [6.45, 7) is 0.734. The van der Waals surface area contributed by atoms with Crippen molar-refractivity contribution in [1.29, 1.82) is 0 Å². The van der Waals surface area contributed by atoms with Crippen LogP contribution in [0.3, 0.4) is 0 Å². The van der Waals surface area contributed by atoms with Crippen molar-refractivity contribution in [3.05, 3.63) is 59.7 Å². The van der Waals surface area contributed by atoms with Crippen molar-refractivity contribution in [1.82, 2.24) is 4.90 Å². The van der Waals surface area contributed by atoms with Crippen molar-refractivity contribution in [2.45, 2.75) is 44.4 Å². The van der Waals surface area contributed by atoms with E-state index in [1.54, 1.807) is 23.1 Å². The molecule has 3 rings (SSSR count). The third kappa shape index (κ3) is 7.10. The topological polar surface area (TPSA) is 91.4 Å². The zero-order chi connectivity index (χ0) is 23.8. The molecule has 2 atom stereocenters. The number of benzene rings is 2. The molecule has 2 aromatic rings. The highest BCUT2D eigenvalue weighted by Crippen LogP contribution is 2.35. The highest BCUT2D eigenvalue weighted by Gasteiger charge is 2.32. The van der Waals surface area contributed by atoms with Crippen LogP contribution in [-0.4, -0.2) is 52.5 Å². The summed E-state index contributed by atoms with van der Waals surface area (Å²) in [7, 11) is -0.704. The van der Waals surface area contributed by atoms with E-state index in [0.29, 0.717) is 30.0 Å². The molecule has 1 saturated heterocycles. The molecule has 1 amide bonds. The predicted molar refractivity (Wildman–Crippen MR) is 124 cm³/mol. The van der Waals surface area contributed by atoms with Gasteiger partial charge in [0.15, 0.2) is 11.5 Å². The summed E-state index contributed by atoms with van der Waals surface area (Å²) in [6.07, 6.45) is 2.67. The normalized spacial score (nSPS) is 17.3. The number of amides is 1. The molecule has 33 heavy (non-hydrogen) atoms. The van der Waals surface area contributed by atoms with E-state index in [4.69, 9.17) is 18.4 Å². The Bertz CT molecular complexity index is 1030. The molecule has 0 spiro atoms. The van der Waals surface area contributed by atoms with E-state index < -0.39 is 22.3 Å². The lowest BCUT2D eigenvalue weighted by Gasteiger charge is -2.36. The first-order valence-electron chi connectivity index (χ1n) is 10.9. The van der Waals surface area contributed by atoms with Crippen LogP contribution in [0.15, 0.2) is 48.5 Å². The van der Waals surface area contributed by atoms with Crippen molar-refractivity contribution in [2.24, 2.45) is 0 Å². The lowest BCUT2D eigenvalue weighted by Crippen LogP contribution is -2.44. The minimum Gasteiger partial charge on any atom is -0.493 e. The zero-order valence-corrected chi connectivity index (χ0v) is 20.0. The molecule has 1 fully saturated rings. The van der Waals surface area contributed by atoms with Gasteiger partial charge >= 0.3 is 6.09 Å². The van der Waals surface area contributed by atoms with Crippen LogP contribution in [0.1, 0.15) is 42.9 Å². The number of likely N-dealkylation sites (tertiary alicyclic amines) is 1. The summed E-state index contributed by atoms with van der Waals surface area (Å²) in [4.78, 5) is 14.6. The number of methoxy groups -OCH3 is 2. The summed E-state index contributed by atoms with van der Waals surface area (Å²) in [5, 5.41) is 0. The average molecular weight is 478 g/mol. The van der Waals surface area contributed by atoms with E-state index >= 15 is 0 Å². The van der Waals surface area contributed by atoms with Crippen LogP contribution in [0.25, 0.3) is 0 Å². The Kier molecular flexibility index (Phi) is 8.57. The number of carbonyl (C=O) groups excluding carboxylic acids is 1. The summed E-state index contributed by atoms with van der Waals surface area (Å²) in [5.41, 5.74) is 1.53. The van der Waals surface area contributed by atoms with Crippen molar-refractivity contribution in [3.8, 4) is 11.5 Å². The first kappa shape index (κ1) is 24.9. The fourth-order valence-electron chi connectivity index (χ4n) is 4.03. The van der Waals surface area contributed by atoms with Crippen LogP contribution in [0.5, 0.6) is 11.5 Å². The molecule has 0 N–H and O–H groups in total. The van der Waals surface area contributed by atoms with Gasteiger partial charge < -0.3 is 19.1 Å². The number of nitrogens with zero attached hydrogens (tertiary/aromatic N) is 1. The number of piperidine rings is 1. The minimum absolute atomic E-state index is 0.182. The third-order valence-corrected chi connectivity index (χ3v) is 6.21. The third-order valence-electron chi connectivity index (χ3n) is 5.62. The maximum Gasteiger partial charge on any atom is 0.410 e. The Morgan fingerprint density at radius 1 is 1.06 bits per heavy atom. The van der Waals surface area contributed by atoms with Crippen LogP contribution in [0.2, 0.25) is 0 Å². The van der Waals surface area contributed by atoms with Gasteiger partial charge in [0.25, 0.3) is 10.1 Å². The van der Waals surface area contributed by atoms with E-state index in [9.17, 15) is 13.2 Å². The fourth-order valence-corrected chi connectivity index (χ4v) is 4.64. The largest absolute Gasteiger partial charge is 0.493 e. The summed E-state index contributed by atoms with van der Waals surface area (Å²) in [6, 6.07) is 14.4.